The van der Waals surface area contributed by atoms with Gasteiger partial charge in [-0.25, -0.2) is 4.98 Å². The summed E-state index contributed by atoms with van der Waals surface area (Å²) in [5, 5.41) is 3.40. The molecule has 4 rings (SSSR count). The molecule has 0 saturated carbocycles. The summed E-state index contributed by atoms with van der Waals surface area (Å²) in [4.78, 5) is 16.1. The molecule has 4 heterocycles. The second-order valence-corrected chi connectivity index (χ2v) is 7.11. The summed E-state index contributed by atoms with van der Waals surface area (Å²) in [7, 11) is 0. The first-order valence-corrected chi connectivity index (χ1v) is 9.15. The number of nitrogens with zero attached hydrogens (tertiary/aromatic N) is 4. The van der Waals surface area contributed by atoms with Crippen LogP contribution in [0, 0.1) is 0 Å². The quantitative estimate of drug-likeness (QED) is 0.894. The molecule has 3 aliphatic rings. The summed E-state index contributed by atoms with van der Waals surface area (Å²) < 4.78 is 0. The van der Waals surface area contributed by atoms with Crippen LogP contribution in [0.4, 0.5) is 11.8 Å². The highest BCUT2D eigenvalue weighted by atomic mass is 32.2. The average Bonchev–Trinajstić information content (AvgIpc) is 3.09. The fraction of sp³-hybridized carbons (Fsp3) is 0.733. The number of rotatable bonds is 2. The number of aromatic nitrogens is 2. The molecule has 0 atom stereocenters. The van der Waals surface area contributed by atoms with Gasteiger partial charge >= 0.3 is 0 Å². The minimum Gasteiger partial charge on any atom is -0.356 e. The van der Waals surface area contributed by atoms with Gasteiger partial charge in [0.25, 0.3) is 0 Å². The van der Waals surface area contributed by atoms with E-state index in [-0.39, 0.29) is 0 Å². The smallest absolute Gasteiger partial charge is 0.227 e. The molecule has 21 heavy (non-hydrogen) atoms. The van der Waals surface area contributed by atoms with Crippen LogP contribution < -0.4 is 15.1 Å². The lowest BCUT2D eigenvalue weighted by molar-refractivity contribution is 0.577. The van der Waals surface area contributed by atoms with Gasteiger partial charge in [-0.15, -0.1) is 11.8 Å². The third kappa shape index (κ3) is 2.71. The molecule has 0 unspecified atom stereocenters. The van der Waals surface area contributed by atoms with Crippen LogP contribution in [0.2, 0.25) is 0 Å². The Morgan fingerprint density at radius 2 is 1.71 bits per heavy atom. The fourth-order valence-electron chi connectivity index (χ4n) is 3.35. The molecule has 1 aromatic heterocycles. The molecule has 3 aliphatic heterocycles. The Morgan fingerprint density at radius 3 is 2.52 bits per heavy atom. The van der Waals surface area contributed by atoms with Crippen molar-refractivity contribution in [2.75, 3.05) is 54.8 Å². The Labute approximate surface area is 130 Å². The molecule has 0 spiro atoms. The third-order valence-electron chi connectivity index (χ3n) is 4.52. The van der Waals surface area contributed by atoms with Gasteiger partial charge in [0.2, 0.25) is 5.95 Å². The molecule has 6 heteroatoms. The summed E-state index contributed by atoms with van der Waals surface area (Å²) in [6.45, 7) is 6.43. The predicted octanol–water partition coefficient (Wildman–Crippen LogP) is 1.52. The van der Waals surface area contributed by atoms with E-state index in [0.717, 1.165) is 51.6 Å². The van der Waals surface area contributed by atoms with Gasteiger partial charge in [-0.05, 0) is 31.4 Å². The van der Waals surface area contributed by atoms with E-state index in [0.29, 0.717) is 0 Å². The van der Waals surface area contributed by atoms with Gasteiger partial charge in [0.15, 0.2) is 0 Å². The van der Waals surface area contributed by atoms with Gasteiger partial charge in [0.1, 0.15) is 5.82 Å². The Balaban J connectivity index is 1.72. The van der Waals surface area contributed by atoms with Gasteiger partial charge < -0.3 is 15.1 Å². The average molecular weight is 305 g/mol. The first-order valence-electron chi connectivity index (χ1n) is 8.16. The first kappa shape index (κ1) is 13.6. The van der Waals surface area contributed by atoms with E-state index in [1.165, 1.54) is 41.4 Å². The lowest BCUT2D eigenvalue weighted by Gasteiger charge is -2.30. The van der Waals surface area contributed by atoms with Gasteiger partial charge in [-0.2, -0.15) is 4.98 Å². The maximum atomic E-state index is 4.98. The maximum absolute atomic E-state index is 4.98. The van der Waals surface area contributed by atoms with E-state index in [4.69, 9.17) is 9.97 Å². The molecular weight excluding hydrogens is 282 g/mol. The predicted molar refractivity (Wildman–Crippen MR) is 87.6 cm³/mol. The van der Waals surface area contributed by atoms with Crippen molar-refractivity contribution < 1.29 is 0 Å². The van der Waals surface area contributed by atoms with E-state index in [9.17, 15) is 0 Å². The molecule has 0 amide bonds. The highest BCUT2D eigenvalue weighted by Crippen LogP contribution is 2.38. The van der Waals surface area contributed by atoms with Crippen molar-refractivity contribution in [3.05, 3.63) is 5.69 Å². The molecule has 1 aromatic rings. The van der Waals surface area contributed by atoms with Crippen LogP contribution in [0.3, 0.4) is 0 Å². The summed E-state index contributed by atoms with van der Waals surface area (Å²) in [6.07, 6.45) is 4.96. The lowest BCUT2D eigenvalue weighted by Crippen LogP contribution is -2.44. The fourth-order valence-corrected chi connectivity index (χ4v) is 4.46. The second-order valence-electron chi connectivity index (χ2n) is 6.01. The Hall–Kier alpha value is -1.01. The molecule has 0 bridgehead atoms. The van der Waals surface area contributed by atoms with Crippen molar-refractivity contribution in [2.45, 2.75) is 30.6 Å². The normalized spacial score (nSPS) is 22.5. The maximum Gasteiger partial charge on any atom is 0.227 e. The van der Waals surface area contributed by atoms with Crippen LogP contribution >= 0.6 is 11.8 Å². The number of hydrogen-bond donors (Lipinski definition) is 1. The molecule has 114 valence electrons. The molecular formula is C15H23N5S. The van der Waals surface area contributed by atoms with Crippen LogP contribution in [-0.2, 0) is 6.42 Å². The molecule has 2 fully saturated rings. The Bertz CT molecular complexity index is 509. The zero-order valence-corrected chi connectivity index (χ0v) is 13.3. The van der Waals surface area contributed by atoms with Gasteiger partial charge in [0.05, 0.1) is 10.6 Å². The largest absolute Gasteiger partial charge is 0.356 e. The molecule has 0 aliphatic carbocycles. The molecule has 2 saturated heterocycles. The number of nitrogens with one attached hydrogen (secondary N) is 1. The molecule has 5 nitrogen and oxygen atoms in total. The summed E-state index contributed by atoms with van der Waals surface area (Å²) in [5.41, 5.74) is 1.29. The second kappa shape index (κ2) is 6.01. The molecule has 0 aromatic carbocycles. The molecule has 0 radical (unpaired) electrons. The van der Waals surface area contributed by atoms with Crippen LogP contribution in [0.25, 0.3) is 0 Å². The standard InChI is InChI=1S/C15H23N5S/c1-2-8-19(7-1)14-13-12(4-3-11-21-13)17-15(18-14)20-9-5-16-6-10-20/h16H,1-11H2. The third-order valence-corrected chi connectivity index (χ3v) is 5.72. The van der Waals surface area contributed by atoms with Crippen molar-refractivity contribution >= 4 is 23.5 Å². The van der Waals surface area contributed by atoms with E-state index in [1.54, 1.807) is 0 Å². The lowest BCUT2D eigenvalue weighted by atomic mass is 10.2. The van der Waals surface area contributed by atoms with Crippen LogP contribution in [0.15, 0.2) is 4.90 Å². The van der Waals surface area contributed by atoms with Gasteiger partial charge in [-0.1, -0.05) is 0 Å². The van der Waals surface area contributed by atoms with Crippen LogP contribution in [0.1, 0.15) is 25.0 Å². The SMILES string of the molecule is C1CSc2c(nc(N3CCNCC3)nc2N2CCCC2)C1. The number of anilines is 2. The van der Waals surface area contributed by atoms with Crippen molar-refractivity contribution in [2.24, 2.45) is 0 Å². The summed E-state index contributed by atoms with van der Waals surface area (Å²) in [6, 6.07) is 0. The summed E-state index contributed by atoms with van der Waals surface area (Å²) >= 11 is 1.96. The van der Waals surface area contributed by atoms with Gasteiger partial charge in [0, 0.05) is 39.3 Å². The monoisotopic (exact) mass is 305 g/mol. The number of fused-ring (bicyclic) bond motifs is 1. The minimum absolute atomic E-state index is 0.958. The van der Waals surface area contributed by atoms with E-state index >= 15 is 0 Å². The number of aryl methyl sites for hydroxylation is 1. The summed E-state index contributed by atoms with van der Waals surface area (Å²) in [5.74, 6) is 3.39. The highest BCUT2D eigenvalue weighted by molar-refractivity contribution is 7.99. The van der Waals surface area contributed by atoms with Gasteiger partial charge in [-0.3, -0.25) is 0 Å². The highest BCUT2D eigenvalue weighted by Gasteiger charge is 2.26. The van der Waals surface area contributed by atoms with Crippen molar-refractivity contribution in [3.8, 4) is 0 Å². The van der Waals surface area contributed by atoms with Crippen molar-refractivity contribution in [1.82, 2.24) is 15.3 Å². The Kier molecular flexibility index (Phi) is 3.90. The van der Waals surface area contributed by atoms with Crippen molar-refractivity contribution in [3.63, 3.8) is 0 Å². The van der Waals surface area contributed by atoms with Crippen molar-refractivity contribution in [1.29, 1.82) is 0 Å². The zero-order chi connectivity index (χ0) is 14.1. The first-order chi connectivity index (χ1) is 10.4. The number of piperazine rings is 1. The Morgan fingerprint density at radius 1 is 0.905 bits per heavy atom. The number of thioether (sulfide) groups is 1. The topological polar surface area (TPSA) is 44.3 Å². The van der Waals surface area contributed by atoms with Crippen LogP contribution in [-0.4, -0.2) is 55.0 Å². The number of hydrogen-bond acceptors (Lipinski definition) is 6. The van der Waals surface area contributed by atoms with Crippen LogP contribution in [0.5, 0.6) is 0 Å². The zero-order valence-electron chi connectivity index (χ0n) is 12.5. The minimum atomic E-state index is 0.958. The molecule has 1 N–H and O–H groups in total. The van der Waals surface area contributed by atoms with E-state index in [2.05, 4.69) is 15.1 Å². The van der Waals surface area contributed by atoms with E-state index in [1.807, 2.05) is 11.8 Å². The van der Waals surface area contributed by atoms with E-state index < -0.39 is 0 Å².